The van der Waals surface area contributed by atoms with Gasteiger partial charge in [-0.15, -0.1) is 0 Å². The summed E-state index contributed by atoms with van der Waals surface area (Å²) in [5, 5.41) is 0.992. The van der Waals surface area contributed by atoms with Crippen molar-refractivity contribution in [2.24, 2.45) is 0 Å². The summed E-state index contributed by atoms with van der Waals surface area (Å²) in [5.41, 5.74) is 8.16. The largest absolute Gasteiger partial charge is 0.337 e. The maximum absolute atomic E-state index is 15.6. The molecule has 3 aromatic heterocycles. The van der Waals surface area contributed by atoms with Crippen LogP contribution < -0.4 is 0 Å². The first-order chi connectivity index (χ1) is 19.6. The fourth-order valence-electron chi connectivity index (χ4n) is 5.84. The van der Waals surface area contributed by atoms with Crippen molar-refractivity contribution in [3.05, 3.63) is 102 Å². The average molecular weight is 526 g/mol. The molecule has 0 spiro atoms. The average Bonchev–Trinajstić information content (AvgIpc) is 3.42. The Morgan fingerprint density at radius 3 is 2.67 bits per heavy atom. The number of piperidine rings is 1. The van der Waals surface area contributed by atoms with Gasteiger partial charge in [0.15, 0.2) is 5.82 Å². The standard InChI is InChI=1S/C34H28FN5/c1-22-16-23(21-40-14-5-2-6-15-40)18-24(17-22)25-19-28-26(29(35)20-25)11-13-37-33(28)34-38-31-10-7-8-27(32(31)39-34)30-9-3-4-12-36-30/h3-4,7-10,12,16-20H,2,5-6,14-15,21H2,1H3,(H,38,39). The molecular weight excluding hydrogens is 497 g/mol. The van der Waals surface area contributed by atoms with Crippen molar-refractivity contribution in [3.8, 4) is 33.9 Å². The SMILES string of the molecule is Cc1cc(CN2CCCCC2)cc(-c2cc(F)c3c#cnc(-c4nc5c(-c6ccccn6)cccc5[nH]4)c3c2)c1. The van der Waals surface area contributed by atoms with Gasteiger partial charge in [0.1, 0.15) is 11.5 Å². The van der Waals surface area contributed by atoms with Gasteiger partial charge >= 0.3 is 0 Å². The highest BCUT2D eigenvalue weighted by molar-refractivity contribution is 5.98. The molecule has 0 saturated carbocycles. The highest BCUT2D eigenvalue weighted by atomic mass is 19.1. The Morgan fingerprint density at radius 1 is 0.950 bits per heavy atom. The second-order valence-electron chi connectivity index (χ2n) is 10.6. The molecule has 7 rings (SSSR count). The number of H-pyrrole nitrogens is 1. The number of halogens is 1. The first-order valence-corrected chi connectivity index (χ1v) is 13.8. The number of hydrogen-bond donors (Lipinski definition) is 1. The normalized spacial score (nSPS) is 14.1. The second-order valence-corrected chi connectivity index (χ2v) is 10.6. The number of nitrogens with one attached hydrogen (secondary N) is 1. The van der Waals surface area contributed by atoms with Gasteiger partial charge in [-0.05, 0) is 92.0 Å². The Kier molecular flexibility index (Phi) is 6.22. The van der Waals surface area contributed by atoms with Crippen molar-refractivity contribution in [1.82, 2.24) is 24.8 Å². The molecule has 1 N–H and O–H groups in total. The predicted octanol–water partition coefficient (Wildman–Crippen LogP) is 7.54. The molecule has 40 heavy (non-hydrogen) atoms. The van der Waals surface area contributed by atoms with Gasteiger partial charge in [-0.3, -0.25) is 9.88 Å². The van der Waals surface area contributed by atoms with Crippen LogP contribution >= 0.6 is 0 Å². The number of fused-ring (bicyclic) bond motifs is 2. The number of likely N-dealkylation sites (tertiary alicyclic amines) is 1. The highest BCUT2D eigenvalue weighted by Crippen LogP contribution is 2.34. The Morgan fingerprint density at radius 2 is 1.82 bits per heavy atom. The molecule has 1 saturated heterocycles. The van der Waals surface area contributed by atoms with Crippen LogP contribution in [0.25, 0.3) is 55.7 Å². The lowest BCUT2D eigenvalue weighted by Crippen LogP contribution is -2.29. The molecule has 6 aromatic rings. The quantitative estimate of drug-likeness (QED) is 0.253. The third-order valence-corrected chi connectivity index (χ3v) is 7.70. The summed E-state index contributed by atoms with van der Waals surface area (Å²) in [4.78, 5) is 19.8. The van der Waals surface area contributed by atoms with Crippen LogP contribution in [0.1, 0.15) is 30.4 Å². The zero-order chi connectivity index (χ0) is 27.1. The van der Waals surface area contributed by atoms with Crippen molar-refractivity contribution < 1.29 is 4.39 Å². The molecule has 4 heterocycles. The van der Waals surface area contributed by atoms with Gasteiger partial charge in [0.25, 0.3) is 0 Å². The fraction of sp³-hybridized carbons (Fsp3) is 0.206. The van der Waals surface area contributed by atoms with Crippen LogP contribution in [0, 0.1) is 25.0 Å². The summed E-state index contributed by atoms with van der Waals surface area (Å²) in [6, 6.07) is 24.8. The minimum atomic E-state index is -0.350. The molecule has 1 aliphatic rings. The van der Waals surface area contributed by atoms with Crippen LogP contribution in [0.15, 0.2) is 72.9 Å². The summed E-state index contributed by atoms with van der Waals surface area (Å²) in [6.07, 6.45) is 8.35. The maximum atomic E-state index is 15.6. The molecule has 0 radical (unpaired) electrons. The number of aromatic nitrogens is 4. The summed E-state index contributed by atoms with van der Waals surface area (Å²) in [7, 11) is 0. The van der Waals surface area contributed by atoms with Crippen LogP contribution in [0.4, 0.5) is 4.39 Å². The van der Waals surface area contributed by atoms with Crippen LogP contribution in [0.3, 0.4) is 0 Å². The number of aromatic amines is 1. The van der Waals surface area contributed by atoms with Crippen molar-refractivity contribution in [2.75, 3.05) is 13.1 Å². The lowest BCUT2D eigenvalue weighted by Gasteiger charge is -2.26. The van der Waals surface area contributed by atoms with E-state index in [0.717, 1.165) is 58.6 Å². The van der Waals surface area contributed by atoms with E-state index < -0.39 is 0 Å². The number of aryl methyl sites for hydroxylation is 1. The van der Waals surface area contributed by atoms with E-state index >= 15 is 4.39 Å². The Bertz CT molecular complexity index is 1840. The van der Waals surface area contributed by atoms with Gasteiger partial charge in [0, 0.05) is 29.9 Å². The molecule has 0 amide bonds. The predicted molar refractivity (Wildman–Crippen MR) is 157 cm³/mol. The molecule has 1 fully saturated rings. The van der Waals surface area contributed by atoms with Gasteiger partial charge in [-0.1, -0.05) is 42.3 Å². The number of para-hydroxylation sites is 1. The summed E-state index contributed by atoms with van der Waals surface area (Å²) in [6.45, 7) is 5.28. The van der Waals surface area contributed by atoms with Crippen LogP contribution in [0.5, 0.6) is 0 Å². The third kappa shape index (κ3) is 4.59. The number of benzene rings is 3. The van der Waals surface area contributed by atoms with E-state index in [-0.39, 0.29) is 5.82 Å². The van der Waals surface area contributed by atoms with Crippen LogP contribution in [-0.4, -0.2) is 37.9 Å². The smallest absolute Gasteiger partial charge is 0.158 e. The molecular formula is C34H28FN5. The van der Waals surface area contributed by atoms with Crippen molar-refractivity contribution >= 4 is 21.8 Å². The van der Waals surface area contributed by atoms with E-state index in [0.29, 0.717) is 22.3 Å². The maximum Gasteiger partial charge on any atom is 0.158 e. The van der Waals surface area contributed by atoms with Crippen molar-refractivity contribution in [3.63, 3.8) is 0 Å². The Balaban J connectivity index is 1.33. The van der Waals surface area contributed by atoms with Crippen LogP contribution in [0.2, 0.25) is 0 Å². The van der Waals surface area contributed by atoms with Crippen molar-refractivity contribution in [2.45, 2.75) is 32.7 Å². The van der Waals surface area contributed by atoms with Crippen LogP contribution in [-0.2, 0) is 6.54 Å². The molecule has 0 atom stereocenters. The summed E-state index contributed by atoms with van der Waals surface area (Å²) >= 11 is 0. The number of hydrogen-bond acceptors (Lipinski definition) is 4. The van der Waals surface area contributed by atoms with E-state index in [1.165, 1.54) is 24.8 Å². The Labute approximate surface area is 232 Å². The lowest BCUT2D eigenvalue weighted by atomic mass is 9.97. The van der Waals surface area contributed by atoms with Gasteiger partial charge < -0.3 is 4.98 Å². The van der Waals surface area contributed by atoms with E-state index in [9.17, 15) is 0 Å². The van der Waals surface area contributed by atoms with E-state index in [2.05, 4.69) is 57.2 Å². The zero-order valence-corrected chi connectivity index (χ0v) is 22.3. The molecule has 3 aromatic carbocycles. The lowest BCUT2D eigenvalue weighted by molar-refractivity contribution is 0.221. The minimum absolute atomic E-state index is 0.348. The monoisotopic (exact) mass is 525 g/mol. The molecule has 0 unspecified atom stereocenters. The minimum Gasteiger partial charge on any atom is -0.337 e. The third-order valence-electron chi connectivity index (χ3n) is 7.70. The van der Waals surface area contributed by atoms with Gasteiger partial charge in [-0.25, -0.2) is 9.37 Å². The topological polar surface area (TPSA) is 57.7 Å². The van der Waals surface area contributed by atoms with Crippen molar-refractivity contribution in [1.29, 1.82) is 0 Å². The summed E-state index contributed by atoms with van der Waals surface area (Å²) < 4.78 is 15.6. The number of rotatable bonds is 5. The fourth-order valence-corrected chi connectivity index (χ4v) is 5.84. The first kappa shape index (κ1) is 24.4. The molecule has 196 valence electrons. The molecule has 6 heteroatoms. The molecule has 1 aliphatic heterocycles. The zero-order valence-electron chi connectivity index (χ0n) is 22.3. The number of nitrogens with zero attached hydrogens (tertiary/aromatic N) is 4. The molecule has 0 aliphatic carbocycles. The van der Waals surface area contributed by atoms with Gasteiger partial charge in [0.05, 0.1) is 22.1 Å². The number of imidazole rings is 1. The molecule has 5 nitrogen and oxygen atoms in total. The van der Waals surface area contributed by atoms with E-state index in [1.54, 1.807) is 12.3 Å². The van der Waals surface area contributed by atoms with E-state index in [4.69, 9.17) is 4.98 Å². The van der Waals surface area contributed by atoms with Gasteiger partial charge in [-0.2, -0.15) is 4.98 Å². The Hall–Kier alpha value is -4.60. The summed E-state index contributed by atoms with van der Waals surface area (Å²) in [5.74, 6) is 0.206. The molecule has 0 bridgehead atoms. The van der Waals surface area contributed by atoms with E-state index in [1.807, 2.05) is 42.5 Å². The highest BCUT2D eigenvalue weighted by Gasteiger charge is 2.17. The first-order valence-electron chi connectivity index (χ1n) is 13.8. The second kappa shape index (κ2) is 10.2. The van der Waals surface area contributed by atoms with Gasteiger partial charge in [0.2, 0.25) is 0 Å². The number of pyridine rings is 1.